The largest absolute Gasteiger partial charge is 0.494 e. The van der Waals surface area contributed by atoms with Crippen molar-refractivity contribution in [2.24, 2.45) is 4.99 Å². The summed E-state index contributed by atoms with van der Waals surface area (Å²) < 4.78 is 5.34. The Balaban J connectivity index is 1.74. The molecule has 3 rings (SSSR count). The molecule has 0 saturated carbocycles. The van der Waals surface area contributed by atoms with Gasteiger partial charge in [-0.1, -0.05) is 30.0 Å². The molecule has 2 aromatic rings. The molecular formula is C22H25N3O3S. The van der Waals surface area contributed by atoms with Crippen LogP contribution in [0.5, 0.6) is 5.75 Å². The zero-order chi connectivity index (χ0) is 21.0. The minimum Gasteiger partial charge on any atom is -0.494 e. The number of amides is 2. The van der Waals surface area contributed by atoms with E-state index in [1.165, 1.54) is 11.8 Å². The van der Waals surface area contributed by atoms with E-state index in [2.05, 4.69) is 10.3 Å². The maximum atomic E-state index is 12.8. The fourth-order valence-corrected chi connectivity index (χ4v) is 4.48. The Labute approximate surface area is 175 Å². The Hall–Kier alpha value is -2.80. The van der Waals surface area contributed by atoms with Crippen molar-refractivity contribution in [2.75, 3.05) is 19.0 Å². The molecule has 152 valence electrons. The predicted octanol–water partition coefficient (Wildman–Crippen LogP) is 4.29. The van der Waals surface area contributed by atoms with Gasteiger partial charge < -0.3 is 10.1 Å². The number of thioether (sulfide) groups is 1. The summed E-state index contributed by atoms with van der Waals surface area (Å²) in [4.78, 5) is 31.6. The molecule has 29 heavy (non-hydrogen) atoms. The van der Waals surface area contributed by atoms with Crippen molar-refractivity contribution in [1.29, 1.82) is 0 Å². The summed E-state index contributed by atoms with van der Waals surface area (Å²) in [5.41, 5.74) is 3.56. The normalized spacial score (nSPS) is 17.7. The van der Waals surface area contributed by atoms with E-state index < -0.39 is 5.25 Å². The van der Waals surface area contributed by atoms with E-state index in [9.17, 15) is 9.59 Å². The van der Waals surface area contributed by atoms with Gasteiger partial charge in [-0.3, -0.25) is 14.5 Å². The summed E-state index contributed by atoms with van der Waals surface area (Å²) in [5.74, 6) is 0.359. The smallest absolute Gasteiger partial charge is 0.242 e. The molecule has 0 aromatic heterocycles. The Bertz CT molecular complexity index is 938. The van der Waals surface area contributed by atoms with Crippen LogP contribution in [0.4, 0.5) is 11.4 Å². The van der Waals surface area contributed by atoms with Gasteiger partial charge in [0.25, 0.3) is 0 Å². The summed E-state index contributed by atoms with van der Waals surface area (Å²) in [6.07, 6.45) is 0.0952. The molecule has 1 heterocycles. The number of carbonyl (C=O) groups is 2. The Kier molecular flexibility index (Phi) is 6.59. The molecule has 6 nitrogen and oxygen atoms in total. The number of hydrogen-bond acceptors (Lipinski definition) is 5. The molecule has 1 atom stereocenters. The van der Waals surface area contributed by atoms with E-state index in [4.69, 9.17) is 4.74 Å². The quantitative estimate of drug-likeness (QED) is 0.770. The van der Waals surface area contributed by atoms with Gasteiger partial charge in [-0.2, -0.15) is 0 Å². The third kappa shape index (κ3) is 4.98. The van der Waals surface area contributed by atoms with Crippen molar-refractivity contribution < 1.29 is 14.3 Å². The number of nitrogens with zero attached hydrogens (tertiary/aromatic N) is 2. The highest BCUT2D eigenvalue weighted by atomic mass is 32.2. The van der Waals surface area contributed by atoms with Crippen LogP contribution in [0.2, 0.25) is 0 Å². The van der Waals surface area contributed by atoms with Crippen molar-refractivity contribution in [3.63, 3.8) is 0 Å². The molecule has 1 aliphatic heterocycles. The first kappa shape index (κ1) is 20.9. The van der Waals surface area contributed by atoms with Crippen molar-refractivity contribution in [1.82, 2.24) is 4.90 Å². The number of ether oxygens (including phenoxy) is 1. The van der Waals surface area contributed by atoms with Crippen LogP contribution in [0, 0.1) is 13.8 Å². The van der Waals surface area contributed by atoms with E-state index in [1.807, 2.05) is 63.2 Å². The van der Waals surface area contributed by atoms with Gasteiger partial charge in [0.2, 0.25) is 11.8 Å². The number of aryl methyl sites for hydroxylation is 2. The number of para-hydroxylation sites is 2. The number of methoxy groups -OCH3 is 1. The third-order valence-corrected chi connectivity index (χ3v) is 5.69. The molecule has 2 aromatic carbocycles. The van der Waals surface area contributed by atoms with E-state index in [0.717, 1.165) is 16.8 Å². The van der Waals surface area contributed by atoms with Crippen molar-refractivity contribution >= 4 is 40.1 Å². The van der Waals surface area contributed by atoms with E-state index in [0.29, 0.717) is 23.1 Å². The molecule has 1 aliphatic rings. The maximum absolute atomic E-state index is 12.8. The number of nitrogens with one attached hydrogen (secondary N) is 1. The Morgan fingerprint density at radius 3 is 2.55 bits per heavy atom. The van der Waals surface area contributed by atoms with Crippen LogP contribution in [0.1, 0.15) is 24.5 Å². The molecule has 0 radical (unpaired) electrons. The van der Waals surface area contributed by atoms with Crippen molar-refractivity contribution in [3.05, 3.63) is 53.6 Å². The fraction of sp³-hybridized carbons (Fsp3) is 0.318. The van der Waals surface area contributed by atoms with Gasteiger partial charge in [0, 0.05) is 18.7 Å². The van der Waals surface area contributed by atoms with Crippen molar-refractivity contribution in [2.45, 2.75) is 32.4 Å². The molecule has 0 spiro atoms. The Morgan fingerprint density at radius 2 is 1.90 bits per heavy atom. The molecule has 1 unspecified atom stereocenters. The van der Waals surface area contributed by atoms with Crippen LogP contribution in [-0.2, 0) is 9.59 Å². The highest BCUT2D eigenvalue weighted by Crippen LogP contribution is 2.34. The zero-order valence-electron chi connectivity index (χ0n) is 17.1. The van der Waals surface area contributed by atoms with Gasteiger partial charge in [-0.25, -0.2) is 4.99 Å². The lowest BCUT2D eigenvalue weighted by atomic mass is 10.1. The lowest BCUT2D eigenvalue weighted by Crippen LogP contribution is -2.33. The second-order valence-corrected chi connectivity index (χ2v) is 8.05. The monoisotopic (exact) mass is 411 g/mol. The number of hydrogen-bond donors (Lipinski definition) is 1. The average Bonchev–Trinajstić information content (AvgIpc) is 2.95. The number of carbonyl (C=O) groups excluding carboxylic acids is 2. The third-order valence-electron chi connectivity index (χ3n) is 4.51. The minimum absolute atomic E-state index is 0.0952. The van der Waals surface area contributed by atoms with E-state index in [1.54, 1.807) is 12.0 Å². The zero-order valence-corrected chi connectivity index (χ0v) is 17.9. The molecule has 1 saturated heterocycles. The molecule has 1 fully saturated rings. The van der Waals surface area contributed by atoms with Crippen LogP contribution in [-0.4, -0.2) is 40.8 Å². The van der Waals surface area contributed by atoms with Crippen LogP contribution in [0.25, 0.3) is 0 Å². The first-order valence-electron chi connectivity index (χ1n) is 9.49. The number of aliphatic imine (C=N–C) groups is 1. The maximum Gasteiger partial charge on any atom is 0.242 e. The number of benzene rings is 2. The second-order valence-electron chi connectivity index (χ2n) is 6.88. The summed E-state index contributed by atoms with van der Waals surface area (Å²) in [6, 6.07) is 13.3. The van der Waals surface area contributed by atoms with Crippen molar-refractivity contribution in [3.8, 4) is 5.75 Å². The number of amidine groups is 1. The molecular weight excluding hydrogens is 386 g/mol. The molecule has 2 amide bonds. The SMILES string of the molecule is CCN1C(=O)C(CC(=O)Nc2cc(C)cc(C)c2)SC1=Nc1ccccc1OC. The summed E-state index contributed by atoms with van der Waals surface area (Å²) in [7, 11) is 1.59. The van der Waals surface area contributed by atoms with Gasteiger partial charge in [0.1, 0.15) is 16.7 Å². The minimum atomic E-state index is -0.491. The van der Waals surface area contributed by atoms with Crippen LogP contribution in [0.3, 0.4) is 0 Å². The molecule has 0 aliphatic carbocycles. The first-order chi connectivity index (χ1) is 13.9. The average molecular weight is 412 g/mol. The van der Waals surface area contributed by atoms with Gasteiger partial charge >= 0.3 is 0 Å². The predicted molar refractivity (Wildman–Crippen MR) is 118 cm³/mol. The standard InChI is InChI=1S/C22H25N3O3S/c1-5-25-21(27)19(13-20(26)23-16-11-14(2)10-15(3)12-16)29-22(25)24-17-8-6-7-9-18(17)28-4/h6-12,19H,5,13H2,1-4H3,(H,23,26). The highest BCUT2D eigenvalue weighted by molar-refractivity contribution is 8.15. The fourth-order valence-electron chi connectivity index (χ4n) is 3.27. The number of anilines is 1. The summed E-state index contributed by atoms with van der Waals surface area (Å²) in [6.45, 7) is 6.36. The van der Waals surface area contributed by atoms with Gasteiger partial charge in [-0.15, -0.1) is 0 Å². The van der Waals surface area contributed by atoms with Crippen LogP contribution < -0.4 is 10.1 Å². The van der Waals surface area contributed by atoms with Gasteiger partial charge in [0.15, 0.2) is 5.17 Å². The van der Waals surface area contributed by atoms with E-state index in [-0.39, 0.29) is 18.2 Å². The summed E-state index contributed by atoms with van der Waals surface area (Å²) in [5, 5.41) is 3.00. The Morgan fingerprint density at radius 1 is 1.21 bits per heavy atom. The molecule has 1 N–H and O–H groups in total. The topological polar surface area (TPSA) is 71.0 Å². The van der Waals surface area contributed by atoms with Crippen LogP contribution in [0.15, 0.2) is 47.5 Å². The highest BCUT2D eigenvalue weighted by Gasteiger charge is 2.38. The number of rotatable bonds is 6. The first-order valence-corrected chi connectivity index (χ1v) is 10.4. The lowest BCUT2D eigenvalue weighted by Gasteiger charge is -2.14. The van der Waals surface area contributed by atoms with Crippen LogP contribution >= 0.6 is 11.8 Å². The molecule has 7 heteroatoms. The van der Waals surface area contributed by atoms with Gasteiger partial charge in [0.05, 0.1) is 7.11 Å². The second kappa shape index (κ2) is 9.13. The summed E-state index contributed by atoms with van der Waals surface area (Å²) >= 11 is 1.32. The van der Waals surface area contributed by atoms with Gasteiger partial charge in [-0.05, 0) is 56.2 Å². The van der Waals surface area contributed by atoms with E-state index >= 15 is 0 Å². The lowest BCUT2D eigenvalue weighted by molar-refractivity contribution is -0.128. The molecule has 0 bridgehead atoms.